The van der Waals surface area contributed by atoms with Gasteiger partial charge in [-0.1, -0.05) is 19.4 Å². The average Bonchev–Trinajstić information content (AvgIpc) is 2.49. The summed E-state index contributed by atoms with van der Waals surface area (Å²) in [5.74, 6) is 0. The van der Waals surface area contributed by atoms with E-state index in [9.17, 15) is 0 Å². The number of hydrogen-bond donors (Lipinski definition) is 1. The summed E-state index contributed by atoms with van der Waals surface area (Å²) in [5.41, 5.74) is 2.47. The molecule has 1 rings (SSSR count). The van der Waals surface area contributed by atoms with Gasteiger partial charge >= 0.3 is 0 Å². The monoisotopic (exact) mass is 193 g/mol. The highest BCUT2D eigenvalue weighted by Gasteiger charge is 1.96. The SMILES string of the molecule is CC(=Cc1cncn1C)CNC(C)C. The van der Waals surface area contributed by atoms with Crippen LogP contribution >= 0.6 is 0 Å². The molecule has 1 aromatic heterocycles. The molecule has 0 saturated carbocycles. The maximum absolute atomic E-state index is 4.07. The molecule has 0 unspecified atom stereocenters. The van der Waals surface area contributed by atoms with Gasteiger partial charge < -0.3 is 9.88 Å². The van der Waals surface area contributed by atoms with Crippen LogP contribution in [0.15, 0.2) is 18.1 Å². The van der Waals surface area contributed by atoms with Crippen LogP contribution in [0.5, 0.6) is 0 Å². The minimum absolute atomic E-state index is 0.532. The van der Waals surface area contributed by atoms with Crippen LogP contribution in [0.1, 0.15) is 26.5 Å². The zero-order valence-electron chi connectivity index (χ0n) is 9.41. The van der Waals surface area contributed by atoms with Gasteiger partial charge in [-0.3, -0.25) is 0 Å². The third kappa shape index (κ3) is 3.34. The topological polar surface area (TPSA) is 29.9 Å². The lowest BCUT2D eigenvalue weighted by atomic mass is 10.2. The summed E-state index contributed by atoms with van der Waals surface area (Å²) in [7, 11) is 2.00. The van der Waals surface area contributed by atoms with Gasteiger partial charge in [0, 0.05) is 19.6 Å². The molecule has 0 atom stereocenters. The van der Waals surface area contributed by atoms with Crippen molar-refractivity contribution >= 4 is 6.08 Å². The summed E-state index contributed by atoms with van der Waals surface area (Å²) in [6, 6.07) is 0.532. The molecule has 0 aliphatic carbocycles. The van der Waals surface area contributed by atoms with E-state index >= 15 is 0 Å². The van der Waals surface area contributed by atoms with Crippen molar-refractivity contribution in [1.82, 2.24) is 14.9 Å². The average molecular weight is 193 g/mol. The molecule has 14 heavy (non-hydrogen) atoms. The van der Waals surface area contributed by atoms with Crippen LogP contribution in [0, 0.1) is 0 Å². The number of nitrogens with one attached hydrogen (secondary N) is 1. The van der Waals surface area contributed by atoms with Crippen LogP contribution in [0.4, 0.5) is 0 Å². The van der Waals surface area contributed by atoms with Crippen molar-refractivity contribution in [2.75, 3.05) is 6.54 Å². The Morgan fingerprint density at radius 2 is 2.36 bits per heavy atom. The minimum atomic E-state index is 0.532. The van der Waals surface area contributed by atoms with Crippen LogP contribution < -0.4 is 5.32 Å². The molecular formula is C11H19N3. The highest BCUT2D eigenvalue weighted by atomic mass is 15.0. The van der Waals surface area contributed by atoms with Gasteiger partial charge in [-0.15, -0.1) is 0 Å². The Balaban J connectivity index is 2.56. The second kappa shape index (κ2) is 4.96. The van der Waals surface area contributed by atoms with Gasteiger partial charge in [-0.25, -0.2) is 4.98 Å². The number of aryl methyl sites for hydroxylation is 1. The summed E-state index contributed by atoms with van der Waals surface area (Å²) >= 11 is 0. The molecule has 0 fully saturated rings. The van der Waals surface area contributed by atoms with Gasteiger partial charge in [-0.05, 0) is 13.0 Å². The second-order valence-corrected chi connectivity index (χ2v) is 3.96. The van der Waals surface area contributed by atoms with E-state index < -0.39 is 0 Å². The standard InChI is InChI=1S/C11H19N3/c1-9(2)13-6-10(3)5-11-7-12-8-14(11)4/h5,7-9,13H,6H2,1-4H3. The first-order valence-corrected chi connectivity index (χ1v) is 4.96. The number of rotatable bonds is 4. The normalized spacial score (nSPS) is 12.5. The lowest BCUT2D eigenvalue weighted by Crippen LogP contribution is -2.24. The summed E-state index contributed by atoms with van der Waals surface area (Å²) in [4.78, 5) is 4.07. The van der Waals surface area contributed by atoms with Crippen molar-refractivity contribution in [3.8, 4) is 0 Å². The molecule has 0 aliphatic rings. The van der Waals surface area contributed by atoms with E-state index in [0.717, 1.165) is 12.2 Å². The lowest BCUT2D eigenvalue weighted by molar-refractivity contribution is 0.622. The maximum atomic E-state index is 4.07. The predicted octanol–water partition coefficient (Wildman–Crippen LogP) is 1.82. The number of aromatic nitrogens is 2. The Morgan fingerprint density at radius 1 is 1.64 bits per heavy atom. The first-order chi connectivity index (χ1) is 6.59. The van der Waals surface area contributed by atoms with Crippen molar-refractivity contribution < 1.29 is 0 Å². The molecule has 0 bridgehead atoms. The maximum Gasteiger partial charge on any atom is 0.0948 e. The molecule has 0 aliphatic heterocycles. The molecule has 0 saturated heterocycles. The van der Waals surface area contributed by atoms with E-state index in [2.05, 4.69) is 37.1 Å². The minimum Gasteiger partial charge on any atom is -0.334 e. The van der Waals surface area contributed by atoms with Crippen LogP contribution in [-0.2, 0) is 7.05 Å². The van der Waals surface area contributed by atoms with Gasteiger partial charge in [0.15, 0.2) is 0 Å². The number of imidazole rings is 1. The predicted molar refractivity (Wildman–Crippen MR) is 60.0 cm³/mol. The zero-order valence-corrected chi connectivity index (χ0v) is 9.41. The number of nitrogens with zero attached hydrogens (tertiary/aromatic N) is 2. The highest BCUT2D eigenvalue weighted by Crippen LogP contribution is 2.04. The van der Waals surface area contributed by atoms with Gasteiger partial charge in [0.1, 0.15) is 0 Å². The van der Waals surface area contributed by atoms with Crippen LogP contribution in [-0.4, -0.2) is 22.1 Å². The van der Waals surface area contributed by atoms with E-state index in [-0.39, 0.29) is 0 Å². The Morgan fingerprint density at radius 3 is 2.86 bits per heavy atom. The first kappa shape index (κ1) is 11.0. The Bertz CT molecular complexity index is 310. The van der Waals surface area contributed by atoms with Crippen LogP contribution in [0.2, 0.25) is 0 Å². The fraction of sp³-hybridized carbons (Fsp3) is 0.545. The first-order valence-electron chi connectivity index (χ1n) is 4.96. The van der Waals surface area contributed by atoms with Crippen molar-refractivity contribution in [3.63, 3.8) is 0 Å². The molecule has 1 heterocycles. The van der Waals surface area contributed by atoms with E-state index in [1.807, 2.05) is 24.1 Å². The fourth-order valence-electron chi connectivity index (χ4n) is 1.18. The van der Waals surface area contributed by atoms with Crippen molar-refractivity contribution in [1.29, 1.82) is 0 Å². The Kier molecular flexibility index (Phi) is 3.89. The highest BCUT2D eigenvalue weighted by molar-refractivity contribution is 5.48. The third-order valence-corrected chi connectivity index (χ3v) is 2.04. The van der Waals surface area contributed by atoms with Gasteiger partial charge in [-0.2, -0.15) is 0 Å². The molecule has 0 amide bonds. The Hall–Kier alpha value is -1.09. The zero-order chi connectivity index (χ0) is 10.6. The van der Waals surface area contributed by atoms with Crippen molar-refractivity contribution in [2.45, 2.75) is 26.8 Å². The summed E-state index contributed by atoms with van der Waals surface area (Å²) in [5, 5.41) is 3.38. The van der Waals surface area contributed by atoms with E-state index in [4.69, 9.17) is 0 Å². The Labute approximate surface area is 85.8 Å². The van der Waals surface area contributed by atoms with E-state index in [1.165, 1.54) is 5.57 Å². The molecule has 3 heteroatoms. The van der Waals surface area contributed by atoms with E-state index in [0.29, 0.717) is 6.04 Å². The van der Waals surface area contributed by atoms with Crippen LogP contribution in [0.3, 0.4) is 0 Å². The van der Waals surface area contributed by atoms with E-state index in [1.54, 1.807) is 0 Å². The van der Waals surface area contributed by atoms with Crippen LogP contribution in [0.25, 0.3) is 6.08 Å². The molecule has 1 N–H and O–H groups in total. The van der Waals surface area contributed by atoms with Gasteiger partial charge in [0.25, 0.3) is 0 Å². The third-order valence-electron chi connectivity index (χ3n) is 2.04. The smallest absolute Gasteiger partial charge is 0.0948 e. The molecule has 0 spiro atoms. The largest absolute Gasteiger partial charge is 0.334 e. The van der Waals surface area contributed by atoms with Crippen molar-refractivity contribution in [3.05, 3.63) is 23.8 Å². The quantitative estimate of drug-likeness (QED) is 0.790. The molecule has 0 aromatic carbocycles. The fourth-order valence-corrected chi connectivity index (χ4v) is 1.18. The molecular weight excluding hydrogens is 174 g/mol. The summed E-state index contributed by atoms with van der Waals surface area (Å²) in [6.45, 7) is 7.36. The molecule has 1 aromatic rings. The van der Waals surface area contributed by atoms with Crippen molar-refractivity contribution in [2.24, 2.45) is 7.05 Å². The lowest BCUT2D eigenvalue weighted by Gasteiger charge is -2.08. The van der Waals surface area contributed by atoms with Gasteiger partial charge in [0.2, 0.25) is 0 Å². The summed E-state index contributed by atoms with van der Waals surface area (Å²) < 4.78 is 2.01. The second-order valence-electron chi connectivity index (χ2n) is 3.96. The number of hydrogen-bond acceptors (Lipinski definition) is 2. The summed E-state index contributed by atoms with van der Waals surface area (Å²) in [6.07, 6.45) is 5.84. The molecule has 0 radical (unpaired) electrons. The molecule has 78 valence electrons. The van der Waals surface area contributed by atoms with Gasteiger partial charge in [0.05, 0.1) is 18.2 Å². The molecule has 3 nitrogen and oxygen atoms in total.